The van der Waals surface area contributed by atoms with Crippen LogP contribution >= 0.6 is 23.4 Å². The number of aryl methyl sites for hydroxylation is 1. The van der Waals surface area contributed by atoms with Crippen molar-refractivity contribution in [2.75, 3.05) is 0 Å². The molecule has 0 radical (unpaired) electrons. The van der Waals surface area contributed by atoms with Crippen molar-refractivity contribution >= 4 is 23.4 Å². The van der Waals surface area contributed by atoms with Gasteiger partial charge in [0.1, 0.15) is 0 Å². The van der Waals surface area contributed by atoms with Gasteiger partial charge in [-0.2, -0.15) is 0 Å². The first kappa shape index (κ1) is 13.5. The van der Waals surface area contributed by atoms with Crippen LogP contribution in [-0.2, 0) is 12.3 Å². The molecule has 3 heteroatoms. The van der Waals surface area contributed by atoms with Gasteiger partial charge in [-0.05, 0) is 41.8 Å². The van der Waals surface area contributed by atoms with Crippen LogP contribution in [0.5, 0.6) is 0 Å². The van der Waals surface area contributed by atoms with Crippen molar-refractivity contribution < 1.29 is 0 Å². The molecule has 2 rings (SSSR count). The molecule has 0 amide bonds. The highest BCUT2D eigenvalue weighted by molar-refractivity contribution is 7.98. The summed E-state index contributed by atoms with van der Waals surface area (Å²) in [6.45, 7) is 2.70. The van der Waals surface area contributed by atoms with Gasteiger partial charge >= 0.3 is 0 Å². The summed E-state index contributed by atoms with van der Waals surface area (Å²) in [4.78, 5) is 1.25. The van der Waals surface area contributed by atoms with E-state index in [2.05, 4.69) is 31.2 Å². The Hall–Kier alpha value is -0.960. The smallest absolute Gasteiger partial charge is 0.0446 e. The first-order valence-corrected chi connectivity index (χ1v) is 7.23. The minimum Gasteiger partial charge on any atom is -0.326 e. The number of halogens is 1. The van der Waals surface area contributed by atoms with Gasteiger partial charge in [-0.15, -0.1) is 11.8 Å². The third kappa shape index (κ3) is 3.29. The van der Waals surface area contributed by atoms with E-state index in [9.17, 15) is 0 Å². The maximum absolute atomic E-state index is 6.14. The standard InChI is InChI=1S/C15H16ClNS/c1-11-8-14(7-6-12(11)9-17)18-10-13-4-2-3-5-15(13)16/h2-8H,9-10,17H2,1H3. The van der Waals surface area contributed by atoms with Crippen LogP contribution in [0.25, 0.3) is 0 Å². The molecule has 0 aromatic heterocycles. The largest absolute Gasteiger partial charge is 0.326 e. The van der Waals surface area contributed by atoms with Crippen LogP contribution in [-0.4, -0.2) is 0 Å². The summed E-state index contributed by atoms with van der Waals surface area (Å²) in [6.07, 6.45) is 0. The van der Waals surface area contributed by atoms with Crippen LogP contribution in [0.3, 0.4) is 0 Å². The van der Waals surface area contributed by atoms with E-state index >= 15 is 0 Å². The average molecular weight is 278 g/mol. The van der Waals surface area contributed by atoms with Gasteiger partial charge < -0.3 is 5.73 Å². The van der Waals surface area contributed by atoms with Crippen LogP contribution in [0.4, 0.5) is 0 Å². The molecule has 0 heterocycles. The van der Waals surface area contributed by atoms with Crippen LogP contribution in [0.2, 0.25) is 5.02 Å². The molecule has 0 spiro atoms. The molecule has 2 aromatic rings. The van der Waals surface area contributed by atoms with Crippen molar-refractivity contribution in [3.05, 3.63) is 64.2 Å². The lowest BCUT2D eigenvalue weighted by atomic mass is 10.1. The van der Waals surface area contributed by atoms with Crippen LogP contribution in [0.1, 0.15) is 16.7 Å². The highest BCUT2D eigenvalue weighted by Gasteiger charge is 2.02. The fraction of sp³-hybridized carbons (Fsp3) is 0.200. The van der Waals surface area contributed by atoms with Crippen molar-refractivity contribution in [2.24, 2.45) is 5.73 Å². The lowest BCUT2D eigenvalue weighted by molar-refractivity contribution is 1.04. The monoisotopic (exact) mass is 277 g/mol. The summed E-state index contributed by atoms with van der Waals surface area (Å²) in [5.41, 5.74) is 9.29. The normalized spacial score (nSPS) is 10.6. The van der Waals surface area contributed by atoms with Gasteiger partial charge in [0.05, 0.1) is 0 Å². The third-order valence-electron chi connectivity index (χ3n) is 2.89. The summed E-state index contributed by atoms with van der Waals surface area (Å²) in [6, 6.07) is 14.4. The van der Waals surface area contributed by atoms with Crippen molar-refractivity contribution in [2.45, 2.75) is 24.1 Å². The van der Waals surface area contributed by atoms with Crippen molar-refractivity contribution in [1.29, 1.82) is 0 Å². The highest BCUT2D eigenvalue weighted by atomic mass is 35.5. The Morgan fingerprint density at radius 2 is 1.89 bits per heavy atom. The van der Waals surface area contributed by atoms with Crippen LogP contribution in [0.15, 0.2) is 47.4 Å². The van der Waals surface area contributed by atoms with E-state index in [0.29, 0.717) is 6.54 Å². The Labute approximate surface area is 117 Å². The maximum atomic E-state index is 6.14. The lowest BCUT2D eigenvalue weighted by Gasteiger charge is -2.07. The van der Waals surface area contributed by atoms with E-state index in [-0.39, 0.29) is 0 Å². The number of hydrogen-bond acceptors (Lipinski definition) is 2. The molecular formula is C15H16ClNS. The Kier molecular flexibility index (Phi) is 4.70. The van der Waals surface area contributed by atoms with Gasteiger partial charge in [-0.3, -0.25) is 0 Å². The molecule has 2 N–H and O–H groups in total. The molecule has 0 atom stereocenters. The summed E-state index contributed by atoms with van der Waals surface area (Å²) >= 11 is 7.94. The van der Waals surface area contributed by atoms with E-state index < -0.39 is 0 Å². The highest BCUT2D eigenvalue weighted by Crippen LogP contribution is 2.27. The topological polar surface area (TPSA) is 26.0 Å². The maximum Gasteiger partial charge on any atom is 0.0446 e. The van der Waals surface area contributed by atoms with Crippen molar-refractivity contribution in [3.8, 4) is 0 Å². The Morgan fingerprint density at radius 1 is 1.11 bits per heavy atom. The van der Waals surface area contributed by atoms with Crippen molar-refractivity contribution in [1.82, 2.24) is 0 Å². The number of rotatable bonds is 4. The zero-order valence-corrected chi connectivity index (χ0v) is 11.9. The van der Waals surface area contributed by atoms with Gasteiger partial charge in [0, 0.05) is 22.2 Å². The molecule has 0 saturated heterocycles. The van der Waals surface area contributed by atoms with Gasteiger partial charge in [0.25, 0.3) is 0 Å². The average Bonchev–Trinajstić information content (AvgIpc) is 2.38. The predicted octanol–water partition coefficient (Wildman–Crippen LogP) is 4.40. The Balaban J connectivity index is 2.07. The number of benzene rings is 2. The fourth-order valence-electron chi connectivity index (χ4n) is 1.76. The molecule has 0 aliphatic rings. The Morgan fingerprint density at radius 3 is 2.56 bits per heavy atom. The molecule has 18 heavy (non-hydrogen) atoms. The van der Waals surface area contributed by atoms with E-state index in [4.69, 9.17) is 17.3 Å². The molecular weight excluding hydrogens is 262 g/mol. The van der Waals surface area contributed by atoms with Crippen molar-refractivity contribution in [3.63, 3.8) is 0 Å². The molecule has 0 unspecified atom stereocenters. The predicted molar refractivity (Wildman–Crippen MR) is 80.1 cm³/mol. The number of nitrogens with two attached hydrogens (primary N) is 1. The van der Waals surface area contributed by atoms with E-state index in [1.54, 1.807) is 11.8 Å². The minimum absolute atomic E-state index is 0.599. The molecule has 0 aliphatic heterocycles. The zero-order valence-electron chi connectivity index (χ0n) is 10.3. The van der Waals surface area contributed by atoms with Gasteiger partial charge in [0.15, 0.2) is 0 Å². The summed E-state index contributed by atoms with van der Waals surface area (Å²) in [5.74, 6) is 0.890. The van der Waals surface area contributed by atoms with E-state index in [1.165, 1.54) is 21.6 Å². The van der Waals surface area contributed by atoms with Gasteiger partial charge in [-0.1, -0.05) is 35.9 Å². The fourth-order valence-corrected chi connectivity index (χ4v) is 3.04. The number of hydrogen-bond donors (Lipinski definition) is 1. The Bertz CT molecular complexity index is 540. The summed E-state index contributed by atoms with van der Waals surface area (Å²) < 4.78 is 0. The first-order valence-electron chi connectivity index (χ1n) is 5.86. The molecule has 0 bridgehead atoms. The second-order valence-corrected chi connectivity index (χ2v) is 5.63. The SMILES string of the molecule is Cc1cc(SCc2ccccc2Cl)ccc1CN. The molecule has 1 nitrogen and oxygen atoms in total. The second kappa shape index (κ2) is 6.28. The van der Waals surface area contributed by atoms with E-state index in [0.717, 1.165) is 10.8 Å². The van der Waals surface area contributed by atoms with Gasteiger partial charge in [-0.25, -0.2) is 0 Å². The second-order valence-electron chi connectivity index (χ2n) is 4.17. The molecule has 0 fully saturated rings. The van der Waals surface area contributed by atoms with E-state index in [1.807, 2.05) is 18.2 Å². The lowest BCUT2D eigenvalue weighted by Crippen LogP contribution is -1.98. The van der Waals surface area contributed by atoms with Crippen LogP contribution < -0.4 is 5.73 Å². The first-order chi connectivity index (χ1) is 8.70. The van der Waals surface area contributed by atoms with Crippen LogP contribution in [0, 0.1) is 6.92 Å². The molecule has 94 valence electrons. The molecule has 0 saturated carbocycles. The number of thioether (sulfide) groups is 1. The third-order valence-corrected chi connectivity index (χ3v) is 4.30. The summed E-state index contributed by atoms with van der Waals surface area (Å²) in [5, 5.41) is 0.834. The quantitative estimate of drug-likeness (QED) is 0.839. The molecule has 0 aliphatic carbocycles. The van der Waals surface area contributed by atoms with Gasteiger partial charge in [0.2, 0.25) is 0 Å². The zero-order chi connectivity index (χ0) is 13.0. The molecule has 2 aromatic carbocycles. The minimum atomic E-state index is 0.599. The summed E-state index contributed by atoms with van der Waals surface area (Å²) in [7, 11) is 0.